The Labute approximate surface area is 115 Å². The molecule has 2 unspecified atom stereocenters. The highest BCUT2D eigenvalue weighted by molar-refractivity contribution is 6.34. The summed E-state index contributed by atoms with van der Waals surface area (Å²) in [5.41, 5.74) is 0.300. The number of nitrogens with one attached hydrogen (secondary N) is 1. The standard InChI is InChI=1S/C12H14Cl2N2O2/c13-10-5-4-8(11(14)16-10)12(18)15-6-7-2-1-3-9(7)17/h4-5,7,9,17H,1-3,6H2,(H,15,18). The van der Waals surface area contributed by atoms with Crippen LogP contribution >= 0.6 is 23.2 Å². The zero-order valence-corrected chi connectivity index (χ0v) is 11.2. The van der Waals surface area contributed by atoms with Crippen molar-refractivity contribution in [1.82, 2.24) is 10.3 Å². The predicted octanol–water partition coefficient (Wildman–Crippen LogP) is 2.28. The fourth-order valence-corrected chi connectivity index (χ4v) is 2.59. The Morgan fingerprint density at radius 2 is 2.22 bits per heavy atom. The maximum Gasteiger partial charge on any atom is 0.254 e. The molecule has 1 aliphatic rings. The molecule has 98 valence electrons. The molecule has 0 saturated heterocycles. The molecule has 1 aliphatic carbocycles. The zero-order chi connectivity index (χ0) is 13.1. The van der Waals surface area contributed by atoms with Gasteiger partial charge in [0.1, 0.15) is 10.3 Å². The molecule has 0 bridgehead atoms. The van der Waals surface area contributed by atoms with E-state index in [9.17, 15) is 9.90 Å². The lowest BCUT2D eigenvalue weighted by Gasteiger charge is -2.15. The first-order valence-corrected chi connectivity index (χ1v) is 6.62. The molecule has 0 aliphatic heterocycles. The summed E-state index contributed by atoms with van der Waals surface area (Å²) in [6.07, 6.45) is 2.44. The summed E-state index contributed by atoms with van der Waals surface area (Å²) in [6.45, 7) is 0.457. The van der Waals surface area contributed by atoms with Crippen LogP contribution in [-0.2, 0) is 0 Å². The molecule has 1 saturated carbocycles. The molecular formula is C12H14Cl2N2O2. The third-order valence-electron chi connectivity index (χ3n) is 3.20. The first-order valence-electron chi connectivity index (χ1n) is 5.86. The predicted molar refractivity (Wildman–Crippen MR) is 69.9 cm³/mol. The Morgan fingerprint density at radius 3 is 2.83 bits per heavy atom. The number of aromatic nitrogens is 1. The molecule has 0 radical (unpaired) electrons. The first-order chi connectivity index (χ1) is 8.58. The number of carbonyl (C=O) groups excluding carboxylic acids is 1. The van der Waals surface area contributed by atoms with Gasteiger partial charge in [-0.3, -0.25) is 4.79 Å². The molecule has 0 spiro atoms. The molecule has 1 amide bonds. The highest BCUT2D eigenvalue weighted by atomic mass is 35.5. The van der Waals surface area contributed by atoms with E-state index in [1.54, 1.807) is 0 Å². The topological polar surface area (TPSA) is 62.2 Å². The quantitative estimate of drug-likeness (QED) is 0.839. The average molecular weight is 289 g/mol. The molecule has 4 nitrogen and oxygen atoms in total. The van der Waals surface area contributed by atoms with Gasteiger partial charge < -0.3 is 10.4 Å². The number of carbonyl (C=O) groups is 1. The molecular weight excluding hydrogens is 275 g/mol. The van der Waals surface area contributed by atoms with E-state index in [1.165, 1.54) is 12.1 Å². The van der Waals surface area contributed by atoms with Crippen molar-refractivity contribution in [2.75, 3.05) is 6.54 Å². The monoisotopic (exact) mass is 288 g/mol. The van der Waals surface area contributed by atoms with Crippen LogP contribution in [0.3, 0.4) is 0 Å². The van der Waals surface area contributed by atoms with Crippen LogP contribution in [0.2, 0.25) is 10.3 Å². The highest BCUT2D eigenvalue weighted by Gasteiger charge is 2.25. The van der Waals surface area contributed by atoms with E-state index in [4.69, 9.17) is 23.2 Å². The molecule has 1 fully saturated rings. The molecule has 2 rings (SSSR count). The number of aliphatic hydroxyl groups excluding tert-OH is 1. The summed E-state index contributed by atoms with van der Waals surface area (Å²) in [4.78, 5) is 15.7. The van der Waals surface area contributed by atoms with E-state index in [0.29, 0.717) is 12.1 Å². The van der Waals surface area contributed by atoms with Crippen molar-refractivity contribution >= 4 is 29.1 Å². The molecule has 6 heteroatoms. The molecule has 1 aromatic rings. The highest BCUT2D eigenvalue weighted by Crippen LogP contribution is 2.25. The molecule has 2 atom stereocenters. The Morgan fingerprint density at radius 1 is 1.44 bits per heavy atom. The zero-order valence-electron chi connectivity index (χ0n) is 9.70. The van der Waals surface area contributed by atoms with Crippen molar-refractivity contribution < 1.29 is 9.90 Å². The van der Waals surface area contributed by atoms with Gasteiger partial charge >= 0.3 is 0 Å². The van der Waals surface area contributed by atoms with Crippen molar-refractivity contribution in [1.29, 1.82) is 0 Å². The van der Waals surface area contributed by atoms with Crippen LogP contribution < -0.4 is 5.32 Å². The lowest BCUT2D eigenvalue weighted by Crippen LogP contribution is -2.32. The number of aliphatic hydroxyl groups is 1. The maximum atomic E-state index is 11.9. The molecule has 18 heavy (non-hydrogen) atoms. The van der Waals surface area contributed by atoms with E-state index in [-0.39, 0.29) is 28.2 Å². The summed E-state index contributed by atoms with van der Waals surface area (Å²) >= 11 is 11.5. The van der Waals surface area contributed by atoms with Gasteiger partial charge in [0, 0.05) is 12.5 Å². The molecule has 2 N–H and O–H groups in total. The summed E-state index contributed by atoms with van der Waals surface area (Å²) in [5.74, 6) is -0.156. The van der Waals surface area contributed by atoms with Crippen molar-refractivity contribution in [2.45, 2.75) is 25.4 Å². The number of nitrogens with zero attached hydrogens (tertiary/aromatic N) is 1. The Kier molecular flexibility index (Phi) is 4.43. The van der Waals surface area contributed by atoms with Crippen LogP contribution in [-0.4, -0.2) is 28.6 Å². The van der Waals surface area contributed by atoms with Gasteiger partial charge in [-0.15, -0.1) is 0 Å². The molecule has 0 aromatic carbocycles. The number of pyridine rings is 1. The second kappa shape index (κ2) is 5.87. The number of rotatable bonds is 3. The summed E-state index contributed by atoms with van der Waals surface area (Å²) in [6, 6.07) is 3.06. The Bertz CT molecular complexity index is 454. The lowest BCUT2D eigenvalue weighted by atomic mass is 10.1. The van der Waals surface area contributed by atoms with Crippen LogP contribution in [0, 0.1) is 5.92 Å². The number of halogens is 2. The average Bonchev–Trinajstić information content (AvgIpc) is 2.72. The fraction of sp³-hybridized carbons (Fsp3) is 0.500. The fourth-order valence-electron chi connectivity index (χ4n) is 2.16. The first kappa shape index (κ1) is 13.6. The Balaban J connectivity index is 1.95. The van der Waals surface area contributed by atoms with Gasteiger partial charge in [0.2, 0.25) is 0 Å². The van der Waals surface area contributed by atoms with Gasteiger partial charge in [-0.2, -0.15) is 0 Å². The largest absolute Gasteiger partial charge is 0.393 e. The van der Waals surface area contributed by atoms with Gasteiger partial charge in [0.25, 0.3) is 5.91 Å². The van der Waals surface area contributed by atoms with Crippen LogP contribution in [0.5, 0.6) is 0 Å². The van der Waals surface area contributed by atoms with Crippen molar-refractivity contribution in [3.63, 3.8) is 0 Å². The molecule has 1 aromatic heterocycles. The number of hydrogen-bond acceptors (Lipinski definition) is 3. The van der Waals surface area contributed by atoms with Crippen molar-refractivity contribution in [3.8, 4) is 0 Å². The SMILES string of the molecule is O=C(NCC1CCCC1O)c1ccc(Cl)nc1Cl. The van der Waals surface area contributed by atoms with E-state index in [0.717, 1.165) is 19.3 Å². The summed E-state index contributed by atoms with van der Waals surface area (Å²) in [7, 11) is 0. The third kappa shape index (κ3) is 3.13. The van der Waals surface area contributed by atoms with Crippen LogP contribution in [0.1, 0.15) is 29.6 Å². The lowest BCUT2D eigenvalue weighted by molar-refractivity contribution is 0.0916. The van der Waals surface area contributed by atoms with Gasteiger partial charge in [-0.25, -0.2) is 4.98 Å². The van der Waals surface area contributed by atoms with Gasteiger partial charge in [0.15, 0.2) is 0 Å². The minimum absolute atomic E-state index is 0.0898. The van der Waals surface area contributed by atoms with Crippen molar-refractivity contribution in [3.05, 3.63) is 28.0 Å². The van der Waals surface area contributed by atoms with Crippen molar-refractivity contribution in [2.24, 2.45) is 5.92 Å². The van der Waals surface area contributed by atoms with Gasteiger partial charge in [-0.05, 0) is 25.0 Å². The van der Waals surface area contributed by atoms with Gasteiger partial charge in [-0.1, -0.05) is 29.6 Å². The maximum absolute atomic E-state index is 11.9. The van der Waals surface area contributed by atoms with E-state index in [1.807, 2.05) is 0 Å². The third-order valence-corrected chi connectivity index (χ3v) is 3.70. The summed E-state index contributed by atoms with van der Waals surface area (Å²) < 4.78 is 0. The summed E-state index contributed by atoms with van der Waals surface area (Å²) in [5, 5.41) is 12.8. The van der Waals surface area contributed by atoms with Crippen LogP contribution in [0.15, 0.2) is 12.1 Å². The van der Waals surface area contributed by atoms with Crippen LogP contribution in [0.4, 0.5) is 0 Å². The van der Waals surface area contributed by atoms with Gasteiger partial charge in [0.05, 0.1) is 11.7 Å². The van der Waals surface area contributed by atoms with E-state index >= 15 is 0 Å². The van der Waals surface area contributed by atoms with Crippen LogP contribution in [0.25, 0.3) is 0 Å². The smallest absolute Gasteiger partial charge is 0.254 e. The minimum Gasteiger partial charge on any atom is -0.393 e. The Hall–Kier alpha value is -0.840. The van der Waals surface area contributed by atoms with E-state index < -0.39 is 0 Å². The van der Waals surface area contributed by atoms with E-state index in [2.05, 4.69) is 10.3 Å². The second-order valence-corrected chi connectivity index (χ2v) is 5.19. The number of hydrogen-bond donors (Lipinski definition) is 2. The normalized spacial score (nSPS) is 23.1. The minimum atomic E-state index is -0.316. The molecule has 1 heterocycles. The number of amides is 1. The second-order valence-electron chi connectivity index (χ2n) is 4.44.